The quantitative estimate of drug-likeness (QED) is 0.794. The molecule has 2 heterocycles. The normalized spacial score (nSPS) is 11.1. The fourth-order valence-corrected chi connectivity index (χ4v) is 2.97. The summed E-state index contributed by atoms with van der Waals surface area (Å²) in [5, 5.41) is 0. The van der Waals surface area contributed by atoms with Crippen LogP contribution in [0.1, 0.15) is 16.8 Å². The molecule has 0 atom stereocenters. The van der Waals surface area contributed by atoms with E-state index >= 15 is 0 Å². The zero-order valence-electron chi connectivity index (χ0n) is 11.3. The summed E-state index contributed by atoms with van der Waals surface area (Å²) in [6.45, 7) is 2.05. The van der Waals surface area contributed by atoms with Crippen LogP contribution >= 0.6 is 15.9 Å². The number of hydrogen-bond donors (Lipinski definition) is 1. The van der Waals surface area contributed by atoms with Crippen molar-refractivity contribution in [2.45, 2.75) is 19.8 Å². The lowest BCUT2D eigenvalue weighted by Crippen LogP contribution is -1.98. The third-order valence-electron chi connectivity index (χ3n) is 3.48. The van der Waals surface area contributed by atoms with Gasteiger partial charge >= 0.3 is 0 Å². The van der Waals surface area contributed by atoms with Crippen molar-refractivity contribution in [2.75, 3.05) is 5.73 Å². The van der Waals surface area contributed by atoms with Gasteiger partial charge in [0.25, 0.3) is 0 Å². The van der Waals surface area contributed by atoms with Crippen LogP contribution in [0.25, 0.3) is 5.65 Å². The van der Waals surface area contributed by atoms with Gasteiger partial charge in [-0.3, -0.25) is 4.40 Å². The van der Waals surface area contributed by atoms with Crippen LogP contribution in [-0.4, -0.2) is 9.38 Å². The minimum atomic E-state index is 0.736. The van der Waals surface area contributed by atoms with Gasteiger partial charge in [0.15, 0.2) is 0 Å². The Morgan fingerprint density at radius 1 is 1.20 bits per heavy atom. The molecule has 3 aromatic rings. The zero-order valence-corrected chi connectivity index (χ0v) is 12.9. The summed E-state index contributed by atoms with van der Waals surface area (Å²) in [7, 11) is 0. The number of rotatable bonds is 3. The number of anilines is 1. The highest BCUT2D eigenvalue weighted by Crippen LogP contribution is 2.23. The van der Waals surface area contributed by atoms with Crippen molar-refractivity contribution in [2.24, 2.45) is 0 Å². The minimum Gasteiger partial charge on any atom is -0.383 e. The van der Waals surface area contributed by atoms with E-state index in [1.54, 1.807) is 0 Å². The fraction of sp³-hybridized carbons (Fsp3) is 0.188. The summed E-state index contributed by atoms with van der Waals surface area (Å²) < 4.78 is 2.97. The minimum absolute atomic E-state index is 0.736. The summed E-state index contributed by atoms with van der Waals surface area (Å²) in [5.74, 6) is 0.736. The second-order valence-corrected chi connectivity index (χ2v) is 5.88. The Morgan fingerprint density at radius 3 is 2.70 bits per heavy atom. The largest absolute Gasteiger partial charge is 0.383 e. The molecule has 0 saturated carbocycles. The lowest BCUT2D eigenvalue weighted by molar-refractivity contribution is 0.931. The first-order valence-corrected chi connectivity index (χ1v) is 7.41. The van der Waals surface area contributed by atoms with Crippen LogP contribution in [0.15, 0.2) is 47.1 Å². The van der Waals surface area contributed by atoms with Crippen molar-refractivity contribution in [3.05, 3.63) is 63.9 Å². The van der Waals surface area contributed by atoms with Gasteiger partial charge in [-0.25, -0.2) is 4.98 Å². The Hall–Kier alpha value is -1.81. The van der Waals surface area contributed by atoms with E-state index in [2.05, 4.69) is 51.2 Å². The number of aromatic nitrogens is 2. The molecule has 2 N–H and O–H groups in total. The molecule has 0 aliphatic heterocycles. The second kappa shape index (κ2) is 5.29. The smallest absolute Gasteiger partial charge is 0.141 e. The number of nitrogens with two attached hydrogens (primary N) is 1. The standard InChI is InChI=1S/C16H16BrN3/c1-11-9-13(17)10-20-15(18)14(19-16(11)20)8-7-12-5-3-2-4-6-12/h2-6,9-10H,7-8,18H2,1H3. The van der Waals surface area contributed by atoms with E-state index in [-0.39, 0.29) is 0 Å². The van der Waals surface area contributed by atoms with Crippen LogP contribution in [0.4, 0.5) is 5.82 Å². The van der Waals surface area contributed by atoms with Gasteiger partial charge < -0.3 is 5.73 Å². The number of hydrogen-bond acceptors (Lipinski definition) is 2. The molecule has 0 amide bonds. The average Bonchev–Trinajstić information content (AvgIpc) is 2.75. The molecule has 1 aromatic carbocycles. The first kappa shape index (κ1) is 13.2. The van der Waals surface area contributed by atoms with Crippen LogP contribution in [0.3, 0.4) is 0 Å². The maximum absolute atomic E-state index is 6.22. The molecular weight excluding hydrogens is 314 g/mol. The SMILES string of the molecule is Cc1cc(Br)cn2c(N)c(CCc3ccccc3)nc12. The highest BCUT2D eigenvalue weighted by Gasteiger charge is 2.11. The van der Waals surface area contributed by atoms with Gasteiger partial charge in [0.1, 0.15) is 11.5 Å². The molecule has 4 heteroatoms. The Bertz CT molecular complexity index is 747. The lowest BCUT2D eigenvalue weighted by atomic mass is 10.1. The van der Waals surface area contributed by atoms with Crippen molar-refractivity contribution >= 4 is 27.4 Å². The molecule has 0 aliphatic carbocycles. The number of aryl methyl sites for hydroxylation is 3. The third-order valence-corrected chi connectivity index (χ3v) is 3.91. The van der Waals surface area contributed by atoms with E-state index in [9.17, 15) is 0 Å². The molecule has 0 aliphatic rings. The van der Waals surface area contributed by atoms with E-state index in [0.29, 0.717) is 0 Å². The maximum atomic E-state index is 6.22. The lowest BCUT2D eigenvalue weighted by Gasteiger charge is -2.01. The Labute approximate surface area is 126 Å². The molecular formula is C16H16BrN3. The van der Waals surface area contributed by atoms with Crippen molar-refractivity contribution < 1.29 is 0 Å². The van der Waals surface area contributed by atoms with E-state index in [0.717, 1.165) is 40.0 Å². The molecule has 20 heavy (non-hydrogen) atoms. The Balaban J connectivity index is 1.93. The number of nitrogens with zero attached hydrogens (tertiary/aromatic N) is 2. The van der Waals surface area contributed by atoms with Gasteiger partial charge in [-0.1, -0.05) is 30.3 Å². The van der Waals surface area contributed by atoms with Gasteiger partial charge in [-0.15, -0.1) is 0 Å². The van der Waals surface area contributed by atoms with Crippen molar-refractivity contribution in [3.63, 3.8) is 0 Å². The molecule has 0 saturated heterocycles. The molecule has 3 rings (SSSR count). The topological polar surface area (TPSA) is 43.3 Å². The fourth-order valence-electron chi connectivity index (χ4n) is 2.42. The zero-order chi connectivity index (χ0) is 14.1. The van der Waals surface area contributed by atoms with E-state index in [4.69, 9.17) is 5.73 Å². The molecule has 2 aromatic heterocycles. The van der Waals surface area contributed by atoms with Crippen molar-refractivity contribution in [1.29, 1.82) is 0 Å². The van der Waals surface area contributed by atoms with Crippen LogP contribution in [0.2, 0.25) is 0 Å². The average molecular weight is 330 g/mol. The highest BCUT2D eigenvalue weighted by atomic mass is 79.9. The molecule has 3 nitrogen and oxygen atoms in total. The predicted molar refractivity (Wildman–Crippen MR) is 85.9 cm³/mol. The van der Waals surface area contributed by atoms with Crippen LogP contribution in [-0.2, 0) is 12.8 Å². The molecule has 0 fully saturated rings. The maximum Gasteiger partial charge on any atom is 0.141 e. The van der Waals surface area contributed by atoms with Gasteiger partial charge in [-0.05, 0) is 52.9 Å². The van der Waals surface area contributed by atoms with Crippen LogP contribution < -0.4 is 5.73 Å². The molecule has 0 radical (unpaired) electrons. The summed E-state index contributed by atoms with van der Waals surface area (Å²) >= 11 is 3.50. The monoisotopic (exact) mass is 329 g/mol. The number of benzene rings is 1. The first-order valence-electron chi connectivity index (χ1n) is 6.61. The summed E-state index contributed by atoms with van der Waals surface area (Å²) in [5.41, 5.74) is 10.6. The summed E-state index contributed by atoms with van der Waals surface area (Å²) in [4.78, 5) is 4.69. The van der Waals surface area contributed by atoms with Gasteiger partial charge in [0, 0.05) is 10.7 Å². The molecule has 0 bridgehead atoms. The van der Waals surface area contributed by atoms with Crippen molar-refractivity contribution in [3.8, 4) is 0 Å². The Morgan fingerprint density at radius 2 is 1.95 bits per heavy atom. The second-order valence-electron chi connectivity index (χ2n) is 4.96. The number of nitrogen functional groups attached to an aromatic ring is 1. The summed E-state index contributed by atoms with van der Waals surface area (Å²) in [6, 6.07) is 12.5. The molecule has 0 spiro atoms. The Kier molecular flexibility index (Phi) is 3.49. The predicted octanol–water partition coefficient (Wildman–Crippen LogP) is 3.77. The first-order chi connectivity index (χ1) is 9.65. The highest BCUT2D eigenvalue weighted by molar-refractivity contribution is 9.10. The molecule has 0 unspecified atom stereocenters. The van der Waals surface area contributed by atoms with Gasteiger partial charge in [0.05, 0.1) is 5.69 Å². The van der Waals surface area contributed by atoms with E-state index < -0.39 is 0 Å². The third kappa shape index (κ3) is 2.43. The van der Waals surface area contributed by atoms with E-state index in [1.807, 2.05) is 23.6 Å². The summed E-state index contributed by atoms with van der Waals surface area (Å²) in [6.07, 6.45) is 3.78. The van der Waals surface area contributed by atoms with E-state index in [1.165, 1.54) is 5.56 Å². The number of pyridine rings is 1. The van der Waals surface area contributed by atoms with Gasteiger partial charge in [-0.2, -0.15) is 0 Å². The van der Waals surface area contributed by atoms with Crippen LogP contribution in [0, 0.1) is 6.92 Å². The number of halogens is 1. The van der Waals surface area contributed by atoms with Crippen molar-refractivity contribution in [1.82, 2.24) is 9.38 Å². The van der Waals surface area contributed by atoms with Gasteiger partial charge in [0.2, 0.25) is 0 Å². The molecule has 102 valence electrons. The van der Waals surface area contributed by atoms with Crippen LogP contribution in [0.5, 0.6) is 0 Å². The number of imidazole rings is 1. The number of fused-ring (bicyclic) bond motifs is 1.